The normalized spacial score (nSPS) is 15.1. The van der Waals surface area contributed by atoms with Crippen LogP contribution in [-0.4, -0.2) is 57.0 Å². The summed E-state index contributed by atoms with van der Waals surface area (Å²) in [5, 5.41) is 14.6. The zero-order valence-corrected chi connectivity index (χ0v) is 20.1. The summed E-state index contributed by atoms with van der Waals surface area (Å²) in [6.45, 7) is 6.06. The third kappa shape index (κ3) is 4.90. The number of aromatic amines is 1. The molecule has 2 aromatic heterocycles. The monoisotopic (exact) mass is 476 g/mol. The van der Waals surface area contributed by atoms with E-state index in [-0.39, 0.29) is 23.7 Å². The van der Waals surface area contributed by atoms with E-state index in [9.17, 15) is 9.18 Å². The molecule has 8 nitrogen and oxygen atoms in total. The number of amides is 1. The number of carbonyl (C=O) groups is 1. The minimum Gasteiger partial charge on any atom is -0.490 e. The molecule has 0 atom stereocenters. The molecule has 9 heteroatoms. The molecular weight excluding hydrogens is 447 g/mol. The van der Waals surface area contributed by atoms with E-state index in [4.69, 9.17) is 4.74 Å². The van der Waals surface area contributed by atoms with Gasteiger partial charge in [-0.25, -0.2) is 4.39 Å². The molecule has 0 saturated carbocycles. The average molecular weight is 477 g/mol. The van der Waals surface area contributed by atoms with Crippen LogP contribution in [0.15, 0.2) is 48.8 Å². The first-order valence-electron chi connectivity index (χ1n) is 11.9. The Bertz CT molecular complexity index is 1340. The van der Waals surface area contributed by atoms with Crippen molar-refractivity contribution >= 4 is 22.5 Å². The summed E-state index contributed by atoms with van der Waals surface area (Å²) >= 11 is 0. The van der Waals surface area contributed by atoms with Crippen LogP contribution >= 0.6 is 0 Å². The molecule has 0 unspecified atom stereocenters. The third-order valence-electron chi connectivity index (χ3n) is 6.39. The molecule has 182 valence electrons. The smallest absolute Gasteiger partial charge is 0.276 e. The highest BCUT2D eigenvalue weighted by Crippen LogP contribution is 2.29. The number of benzene rings is 2. The number of hydrogen-bond donors (Lipinski definition) is 2. The number of fused-ring (bicyclic) bond motifs is 1. The molecule has 2 aromatic carbocycles. The topological polar surface area (TPSA) is 88.1 Å². The van der Waals surface area contributed by atoms with Crippen molar-refractivity contribution in [2.24, 2.45) is 0 Å². The second-order valence-corrected chi connectivity index (χ2v) is 9.35. The standard InChI is InChI=1S/C26H29FN6O2/c1-16(2)33-15-17(14-28-33)21-12-22-24(13-23(21)27)30-31-25(22)26(34)29-18-4-6-19(7-5-18)35-20-8-10-32(3)11-9-20/h4-7,12-16,20H,8-11H2,1-3H3,(H,29,34)(H,30,31). The number of halogens is 1. The van der Waals surface area contributed by atoms with Gasteiger partial charge in [0.15, 0.2) is 5.69 Å². The first kappa shape index (κ1) is 23.0. The molecule has 1 aliphatic heterocycles. The van der Waals surface area contributed by atoms with Crippen LogP contribution in [0.3, 0.4) is 0 Å². The molecule has 1 amide bonds. The van der Waals surface area contributed by atoms with E-state index in [2.05, 4.69) is 32.6 Å². The van der Waals surface area contributed by atoms with Crippen LogP contribution in [0.4, 0.5) is 10.1 Å². The Morgan fingerprint density at radius 2 is 1.94 bits per heavy atom. The van der Waals surface area contributed by atoms with Gasteiger partial charge in [-0.15, -0.1) is 0 Å². The number of piperidine rings is 1. The molecule has 1 saturated heterocycles. The SMILES string of the molecule is CC(C)n1cc(-c2cc3c(C(=O)Nc4ccc(OC5CCN(C)CC5)cc4)n[nH]c3cc2F)cn1. The fourth-order valence-electron chi connectivity index (χ4n) is 4.29. The molecule has 0 spiro atoms. The largest absolute Gasteiger partial charge is 0.490 e. The van der Waals surface area contributed by atoms with E-state index in [1.807, 2.05) is 38.1 Å². The number of ether oxygens (including phenoxy) is 1. The van der Waals surface area contributed by atoms with Crippen molar-refractivity contribution in [3.05, 3.63) is 60.3 Å². The van der Waals surface area contributed by atoms with Crippen molar-refractivity contribution in [2.75, 3.05) is 25.5 Å². The molecule has 4 aromatic rings. The van der Waals surface area contributed by atoms with Gasteiger partial charge in [0.2, 0.25) is 0 Å². The van der Waals surface area contributed by atoms with E-state index < -0.39 is 5.82 Å². The van der Waals surface area contributed by atoms with Gasteiger partial charge in [-0.1, -0.05) is 0 Å². The average Bonchev–Trinajstić information content (AvgIpc) is 3.48. The van der Waals surface area contributed by atoms with E-state index in [1.54, 1.807) is 23.1 Å². The minimum atomic E-state index is -0.406. The fraction of sp³-hybridized carbons (Fsp3) is 0.346. The lowest BCUT2D eigenvalue weighted by Crippen LogP contribution is -2.35. The lowest BCUT2D eigenvalue weighted by molar-refractivity contribution is 0.102. The number of nitrogens with zero attached hydrogens (tertiary/aromatic N) is 4. The highest BCUT2D eigenvalue weighted by atomic mass is 19.1. The molecule has 1 aliphatic rings. The van der Waals surface area contributed by atoms with Gasteiger partial charge in [0, 0.05) is 53.6 Å². The second kappa shape index (κ2) is 9.50. The van der Waals surface area contributed by atoms with Crippen molar-refractivity contribution in [2.45, 2.75) is 38.8 Å². The first-order valence-corrected chi connectivity index (χ1v) is 11.9. The number of rotatable bonds is 6. The molecule has 3 heterocycles. The molecule has 0 aliphatic carbocycles. The van der Waals surface area contributed by atoms with E-state index >= 15 is 0 Å². The van der Waals surface area contributed by atoms with Crippen LogP contribution < -0.4 is 10.1 Å². The second-order valence-electron chi connectivity index (χ2n) is 9.35. The van der Waals surface area contributed by atoms with Crippen molar-refractivity contribution in [1.29, 1.82) is 0 Å². The minimum absolute atomic E-state index is 0.159. The van der Waals surface area contributed by atoms with E-state index in [1.165, 1.54) is 6.07 Å². The maximum absolute atomic E-state index is 14.8. The number of anilines is 1. The number of H-pyrrole nitrogens is 1. The van der Waals surface area contributed by atoms with Crippen molar-refractivity contribution in [3.63, 3.8) is 0 Å². The van der Waals surface area contributed by atoms with Gasteiger partial charge in [-0.05, 0) is 64.1 Å². The Kier molecular flexibility index (Phi) is 6.25. The zero-order valence-electron chi connectivity index (χ0n) is 20.1. The number of likely N-dealkylation sites (tertiary alicyclic amines) is 1. The Labute approximate surface area is 203 Å². The van der Waals surface area contributed by atoms with Crippen LogP contribution in [0.2, 0.25) is 0 Å². The maximum Gasteiger partial charge on any atom is 0.276 e. The number of aromatic nitrogens is 4. The van der Waals surface area contributed by atoms with Gasteiger partial charge in [0.25, 0.3) is 5.91 Å². The third-order valence-corrected chi connectivity index (χ3v) is 6.39. The highest BCUT2D eigenvalue weighted by molar-refractivity contribution is 6.11. The van der Waals surface area contributed by atoms with E-state index in [0.29, 0.717) is 27.7 Å². The van der Waals surface area contributed by atoms with Gasteiger partial charge in [-0.2, -0.15) is 10.2 Å². The van der Waals surface area contributed by atoms with Gasteiger partial charge in [0.05, 0.1) is 11.7 Å². The van der Waals surface area contributed by atoms with Crippen LogP contribution in [0.1, 0.15) is 43.2 Å². The number of carbonyl (C=O) groups excluding carboxylic acids is 1. The summed E-state index contributed by atoms with van der Waals surface area (Å²) in [7, 11) is 2.12. The van der Waals surface area contributed by atoms with Gasteiger partial charge < -0.3 is 15.0 Å². The van der Waals surface area contributed by atoms with Crippen LogP contribution in [0, 0.1) is 5.82 Å². The lowest BCUT2D eigenvalue weighted by Gasteiger charge is -2.29. The van der Waals surface area contributed by atoms with Crippen molar-refractivity contribution in [3.8, 4) is 16.9 Å². The van der Waals surface area contributed by atoms with Gasteiger partial charge in [0.1, 0.15) is 17.7 Å². The molecule has 0 bridgehead atoms. The summed E-state index contributed by atoms with van der Waals surface area (Å²) in [5.41, 5.74) is 2.29. The number of hydrogen-bond acceptors (Lipinski definition) is 5. The summed E-state index contributed by atoms with van der Waals surface area (Å²) in [6, 6.07) is 10.5. The fourth-order valence-corrected chi connectivity index (χ4v) is 4.29. The highest BCUT2D eigenvalue weighted by Gasteiger charge is 2.20. The summed E-state index contributed by atoms with van der Waals surface area (Å²) in [5.74, 6) is -0.00267. The zero-order chi connectivity index (χ0) is 24.5. The maximum atomic E-state index is 14.8. The summed E-state index contributed by atoms with van der Waals surface area (Å²) < 4.78 is 22.6. The summed E-state index contributed by atoms with van der Waals surface area (Å²) in [4.78, 5) is 15.3. The number of nitrogens with one attached hydrogen (secondary N) is 2. The van der Waals surface area contributed by atoms with E-state index in [0.717, 1.165) is 31.7 Å². The first-order chi connectivity index (χ1) is 16.9. The Balaban J connectivity index is 1.32. The van der Waals surface area contributed by atoms with Gasteiger partial charge >= 0.3 is 0 Å². The lowest BCUT2D eigenvalue weighted by atomic mass is 10.0. The summed E-state index contributed by atoms with van der Waals surface area (Å²) in [6.07, 6.45) is 5.64. The molecular formula is C26H29FN6O2. The van der Waals surface area contributed by atoms with Gasteiger partial charge in [-0.3, -0.25) is 14.6 Å². The Morgan fingerprint density at radius 1 is 1.20 bits per heavy atom. The quantitative estimate of drug-likeness (QED) is 0.415. The van der Waals surface area contributed by atoms with Crippen LogP contribution in [-0.2, 0) is 0 Å². The van der Waals surface area contributed by atoms with Crippen molar-refractivity contribution in [1.82, 2.24) is 24.9 Å². The molecule has 35 heavy (non-hydrogen) atoms. The van der Waals surface area contributed by atoms with Crippen LogP contribution in [0.5, 0.6) is 5.75 Å². The predicted molar refractivity (Wildman–Crippen MR) is 133 cm³/mol. The van der Waals surface area contributed by atoms with Crippen LogP contribution in [0.25, 0.3) is 22.0 Å². The Hall–Kier alpha value is -3.72. The molecule has 2 N–H and O–H groups in total. The molecule has 5 rings (SSSR count). The molecule has 1 fully saturated rings. The molecule has 0 radical (unpaired) electrons. The predicted octanol–water partition coefficient (Wildman–Crippen LogP) is 4.87. The van der Waals surface area contributed by atoms with Crippen molar-refractivity contribution < 1.29 is 13.9 Å². The Morgan fingerprint density at radius 3 is 2.63 bits per heavy atom.